The number of nitrogens with zero attached hydrogens (tertiary/aromatic N) is 4. The van der Waals surface area contributed by atoms with Crippen LogP contribution in [-0.4, -0.2) is 26.8 Å². The maximum absolute atomic E-state index is 4.50. The largest absolute Gasteiger partial charge is 0.373 e. The van der Waals surface area contributed by atoms with Gasteiger partial charge in [-0.15, -0.1) is 0 Å². The Morgan fingerprint density at radius 1 is 1.22 bits per heavy atom. The van der Waals surface area contributed by atoms with Crippen LogP contribution < -0.4 is 5.32 Å². The number of hydrogen-bond acceptors (Lipinski definition) is 5. The monoisotopic (exact) mass is 263 g/mol. The Hall–Kier alpha value is -1.56. The second-order valence-electron chi connectivity index (χ2n) is 4.15. The molecule has 0 fully saturated rings. The Kier molecular flexibility index (Phi) is 3.56. The van der Waals surface area contributed by atoms with Crippen molar-refractivity contribution in [3.8, 4) is 0 Å². The van der Waals surface area contributed by atoms with Crippen molar-refractivity contribution in [1.29, 1.82) is 0 Å². The van der Waals surface area contributed by atoms with Crippen LogP contribution >= 0.6 is 11.8 Å². The Morgan fingerprint density at radius 3 is 2.50 bits per heavy atom. The summed E-state index contributed by atoms with van der Waals surface area (Å²) < 4.78 is 1.87. The molecule has 0 saturated carbocycles. The topological polar surface area (TPSA) is 55.6 Å². The average molecular weight is 263 g/mol. The molecule has 0 amide bonds. The van der Waals surface area contributed by atoms with Crippen molar-refractivity contribution in [2.75, 3.05) is 12.4 Å². The van der Waals surface area contributed by atoms with Crippen molar-refractivity contribution < 1.29 is 0 Å². The third-order valence-corrected chi connectivity index (χ3v) is 3.79. The van der Waals surface area contributed by atoms with E-state index in [0.29, 0.717) is 0 Å². The number of aryl methyl sites for hydroxylation is 3. The lowest BCUT2D eigenvalue weighted by Crippen LogP contribution is -2.02. The molecule has 6 heteroatoms. The standard InChI is InChI=1S/C12H17N5S/c1-7-6-10(17(5)16-7)18-12-8(2)11(13-4)14-9(3)15-12/h6H,1-5H3,(H,13,14,15). The van der Waals surface area contributed by atoms with Crippen LogP contribution in [0.3, 0.4) is 0 Å². The fraction of sp³-hybridized carbons (Fsp3) is 0.417. The molecule has 2 rings (SSSR count). The predicted octanol–water partition coefficient (Wildman–Crippen LogP) is 2.33. The summed E-state index contributed by atoms with van der Waals surface area (Å²) in [5.41, 5.74) is 2.07. The van der Waals surface area contributed by atoms with E-state index in [-0.39, 0.29) is 0 Å². The molecule has 0 unspecified atom stereocenters. The van der Waals surface area contributed by atoms with Crippen molar-refractivity contribution in [3.05, 3.63) is 23.1 Å². The molecule has 1 N–H and O–H groups in total. The molecule has 2 heterocycles. The van der Waals surface area contributed by atoms with Gasteiger partial charge < -0.3 is 5.32 Å². The smallest absolute Gasteiger partial charge is 0.133 e. The number of anilines is 1. The molecule has 0 aliphatic rings. The molecule has 5 nitrogen and oxygen atoms in total. The Morgan fingerprint density at radius 2 is 1.94 bits per heavy atom. The SMILES string of the molecule is CNc1nc(C)nc(Sc2cc(C)nn2C)c1C. The number of nitrogens with one attached hydrogen (secondary N) is 1. The van der Waals surface area contributed by atoms with Crippen LogP contribution in [0.2, 0.25) is 0 Å². The summed E-state index contributed by atoms with van der Waals surface area (Å²) in [4.78, 5) is 8.86. The molecule has 0 bridgehead atoms. The van der Waals surface area contributed by atoms with Gasteiger partial charge in [0.15, 0.2) is 0 Å². The fourth-order valence-electron chi connectivity index (χ4n) is 1.73. The van der Waals surface area contributed by atoms with Gasteiger partial charge in [-0.2, -0.15) is 5.10 Å². The normalized spacial score (nSPS) is 10.7. The third-order valence-electron chi connectivity index (χ3n) is 2.61. The highest BCUT2D eigenvalue weighted by Crippen LogP contribution is 2.31. The van der Waals surface area contributed by atoms with Crippen molar-refractivity contribution in [3.63, 3.8) is 0 Å². The highest BCUT2D eigenvalue weighted by atomic mass is 32.2. The van der Waals surface area contributed by atoms with Crippen LogP contribution in [0.25, 0.3) is 0 Å². The van der Waals surface area contributed by atoms with Crippen LogP contribution in [-0.2, 0) is 7.05 Å². The summed E-state index contributed by atoms with van der Waals surface area (Å²) in [7, 11) is 3.81. The van der Waals surface area contributed by atoms with Gasteiger partial charge in [0, 0.05) is 19.7 Å². The van der Waals surface area contributed by atoms with Crippen LogP contribution in [0, 0.1) is 20.8 Å². The molecule has 0 aliphatic carbocycles. The molecule has 96 valence electrons. The van der Waals surface area contributed by atoms with Crippen LogP contribution in [0.4, 0.5) is 5.82 Å². The summed E-state index contributed by atoms with van der Waals surface area (Å²) in [6, 6.07) is 2.06. The van der Waals surface area contributed by atoms with Gasteiger partial charge in [-0.05, 0) is 38.6 Å². The van der Waals surface area contributed by atoms with Crippen molar-refractivity contribution >= 4 is 17.6 Å². The molecule has 18 heavy (non-hydrogen) atoms. The molecule has 0 saturated heterocycles. The van der Waals surface area contributed by atoms with Crippen molar-refractivity contribution in [1.82, 2.24) is 19.7 Å². The first-order valence-corrected chi connectivity index (χ1v) is 6.54. The lowest BCUT2D eigenvalue weighted by atomic mass is 10.3. The number of hydrogen-bond donors (Lipinski definition) is 1. The maximum atomic E-state index is 4.50. The first kappa shape index (κ1) is 12.9. The second kappa shape index (κ2) is 4.97. The lowest BCUT2D eigenvalue weighted by molar-refractivity contribution is 0.691. The summed E-state index contributed by atoms with van der Waals surface area (Å²) in [6.07, 6.45) is 0. The Labute approximate surface area is 111 Å². The zero-order chi connectivity index (χ0) is 13.3. The molecular weight excluding hydrogens is 246 g/mol. The summed E-state index contributed by atoms with van der Waals surface area (Å²) in [5.74, 6) is 1.65. The number of rotatable bonds is 3. The van der Waals surface area contributed by atoms with Crippen molar-refractivity contribution in [2.45, 2.75) is 30.8 Å². The summed E-state index contributed by atoms with van der Waals surface area (Å²) in [5, 5.41) is 9.48. The zero-order valence-corrected chi connectivity index (χ0v) is 12.1. The van der Waals surface area contributed by atoms with Gasteiger partial charge in [-0.1, -0.05) is 0 Å². The van der Waals surface area contributed by atoms with E-state index in [2.05, 4.69) is 26.4 Å². The van der Waals surface area contributed by atoms with Gasteiger partial charge in [0.05, 0.1) is 5.69 Å². The van der Waals surface area contributed by atoms with Gasteiger partial charge >= 0.3 is 0 Å². The van der Waals surface area contributed by atoms with Gasteiger partial charge in [0.2, 0.25) is 0 Å². The minimum absolute atomic E-state index is 0.770. The van der Waals surface area contributed by atoms with E-state index in [0.717, 1.165) is 33.0 Å². The van der Waals surface area contributed by atoms with Gasteiger partial charge in [-0.25, -0.2) is 9.97 Å². The van der Waals surface area contributed by atoms with Crippen LogP contribution in [0.5, 0.6) is 0 Å². The van der Waals surface area contributed by atoms with E-state index in [1.54, 1.807) is 11.8 Å². The lowest BCUT2D eigenvalue weighted by Gasteiger charge is -2.10. The summed E-state index contributed by atoms with van der Waals surface area (Å²) >= 11 is 1.61. The van der Waals surface area contributed by atoms with E-state index in [9.17, 15) is 0 Å². The predicted molar refractivity (Wildman–Crippen MR) is 73.1 cm³/mol. The fourth-order valence-corrected chi connectivity index (χ4v) is 2.75. The molecule has 2 aromatic rings. The van der Waals surface area contributed by atoms with E-state index in [4.69, 9.17) is 0 Å². The van der Waals surface area contributed by atoms with Gasteiger partial charge in [0.1, 0.15) is 21.7 Å². The first-order chi connectivity index (χ1) is 8.51. The maximum Gasteiger partial charge on any atom is 0.133 e. The van der Waals surface area contributed by atoms with Crippen LogP contribution in [0.15, 0.2) is 16.1 Å². The zero-order valence-electron chi connectivity index (χ0n) is 11.3. The van der Waals surface area contributed by atoms with Crippen LogP contribution in [0.1, 0.15) is 17.1 Å². The first-order valence-electron chi connectivity index (χ1n) is 5.72. The van der Waals surface area contributed by atoms with E-state index in [1.165, 1.54) is 0 Å². The molecular formula is C12H17N5S. The summed E-state index contributed by atoms with van der Waals surface area (Å²) in [6.45, 7) is 5.91. The molecule has 0 radical (unpaired) electrons. The highest BCUT2D eigenvalue weighted by Gasteiger charge is 2.12. The molecule has 0 aliphatic heterocycles. The minimum Gasteiger partial charge on any atom is -0.373 e. The molecule has 2 aromatic heterocycles. The molecule has 0 atom stereocenters. The van der Waals surface area contributed by atoms with Gasteiger partial charge in [0.25, 0.3) is 0 Å². The Bertz CT molecular complexity index is 576. The van der Waals surface area contributed by atoms with E-state index < -0.39 is 0 Å². The molecule has 0 spiro atoms. The Balaban J connectivity index is 2.40. The molecule has 0 aromatic carbocycles. The second-order valence-corrected chi connectivity index (χ2v) is 5.16. The quantitative estimate of drug-likeness (QED) is 0.861. The average Bonchev–Trinajstić information content (AvgIpc) is 2.62. The van der Waals surface area contributed by atoms with Crippen molar-refractivity contribution in [2.24, 2.45) is 7.05 Å². The van der Waals surface area contributed by atoms with E-state index in [1.807, 2.05) is 39.5 Å². The highest BCUT2D eigenvalue weighted by molar-refractivity contribution is 7.99. The van der Waals surface area contributed by atoms with Gasteiger partial charge in [-0.3, -0.25) is 4.68 Å². The number of aromatic nitrogens is 4. The third kappa shape index (κ3) is 2.48. The van der Waals surface area contributed by atoms with E-state index >= 15 is 0 Å². The minimum atomic E-state index is 0.770.